The Morgan fingerprint density at radius 2 is 1.79 bits per heavy atom. The second-order valence-corrected chi connectivity index (χ2v) is 12.0. The minimum Gasteiger partial charge on any atom is -0.516 e. The van der Waals surface area contributed by atoms with Crippen molar-refractivity contribution < 1.29 is 9.53 Å². The number of aliphatic hydroxyl groups is 1. The number of allylic oxidation sites excluding steroid dienone is 3. The zero-order chi connectivity index (χ0) is 14.5. The van der Waals surface area contributed by atoms with Gasteiger partial charge in [-0.1, -0.05) is 32.9 Å². The fourth-order valence-corrected chi connectivity index (χ4v) is 3.15. The van der Waals surface area contributed by atoms with Crippen molar-refractivity contribution in [3.8, 4) is 0 Å². The SMILES string of the molecule is CC(C)(C)[Si](C)(C)OC[C@@H]1CC[C@@H]1C/C=C/C=C/O. The van der Waals surface area contributed by atoms with Crippen LogP contribution in [0.3, 0.4) is 0 Å². The lowest BCUT2D eigenvalue weighted by Gasteiger charge is -2.41. The Balaban J connectivity index is 2.34. The van der Waals surface area contributed by atoms with Gasteiger partial charge in [-0.15, -0.1) is 0 Å². The van der Waals surface area contributed by atoms with E-state index in [4.69, 9.17) is 9.53 Å². The molecule has 1 N–H and O–H groups in total. The van der Waals surface area contributed by atoms with Gasteiger partial charge in [0.25, 0.3) is 0 Å². The number of hydrogen-bond donors (Lipinski definition) is 1. The highest BCUT2D eigenvalue weighted by molar-refractivity contribution is 6.74. The van der Waals surface area contributed by atoms with Gasteiger partial charge in [-0.25, -0.2) is 0 Å². The van der Waals surface area contributed by atoms with Crippen LogP contribution in [-0.4, -0.2) is 20.0 Å². The predicted molar refractivity (Wildman–Crippen MR) is 84.9 cm³/mol. The molecule has 2 nitrogen and oxygen atoms in total. The van der Waals surface area contributed by atoms with Crippen LogP contribution < -0.4 is 0 Å². The molecule has 1 fully saturated rings. The summed E-state index contributed by atoms with van der Waals surface area (Å²) in [6.45, 7) is 12.5. The Hall–Kier alpha value is -0.543. The lowest BCUT2D eigenvalue weighted by molar-refractivity contribution is 0.0977. The van der Waals surface area contributed by atoms with Crippen molar-refractivity contribution in [3.63, 3.8) is 0 Å². The van der Waals surface area contributed by atoms with E-state index in [9.17, 15) is 0 Å². The van der Waals surface area contributed by atoms with Gasteiger partial charge in [0.15, 0.2) is 8.32 Å². The molecule has 0 aliphatic heterocycles. The van der Waals surface area contributed by atoms with Crippen LogP contribution >= 0.6 is 0 Å². The van der Waals surface area contributed by atoms with Crippen LogP contribution in [0.15, 0.2) is 24.5 Å². The molecular weight excluding hydrogens is 252 g/mol. The van der Waals surface area contributed by atoms with Crippen LogP contribution in [-0.2, 0) is 4.43 Å². The van der Waals surface area contributed by atoms with Crippen LogP contribution in [0.5, 0.6) is 0 Å². The highest BCUT2D eigenvalue weighted by Gasteiger charge is 2.39. The average Bonchev–Trinajstić information content (AvgIpc) is 2.25. The molecule has 1 aliphatic rings. The maximum Gasteiger partial charge on any atom is 0.191 e. The van der Waals surface area contributed by atoms with E-state index < -0.39 is 8.32 Å². The van der Waals surface area contributed by atoms with Gasteiger partial charge >= 0.3 is 0 Å². The molecule has 3 heteroatoms. The largest absolute Gasteiger partial charge is 0.516 e. The Morgan fingerprint density at radius 1 is 1.16 bits per heavy atom. The molecule has 0 radical (unpaired) electrons. The smallest absolute Gasteiger partial charge is 0.191 e. The first kappa shape index (κ1) is 16.5. The van der Waals surface area contributed by atoms with Crippen molar-refractivity contribution in [2.75, 3.05) is 6.61 Å². The minimum atomic E-state index is -1.59. The molecule has 2 atom stereocenters. The van der Waals surface area contributed by atoms with E-state index in [0.717, 1.165) is 31.1 Å². The molecule has 0 unspecified atom stereocenters. The molecule has 0 aromatic carbocycles. The normalized spacial score (nSPS) is 25.1. The van der Waals surface area contributed by atoms with Crippen LogP contribution in [0.4, 0.5) is 0 Å². The van der Waals surface area contributed by atoms with Crippen molar-refractivity contribution in [2.45, 2.75) is 58.2 Å². The predicted octanol–water partition coefficient (Wildman–Crippen LogP) is 5.05. The first-order valence-corrected chi connectivity index (χ1v) is 10.3. The molecule has 0 aromatic heterocycles. The number of hydrogen-bond acceptors (Lipinski definition) is 2. The summed E-state index contributed by atoms with van der Waals surface area (Å²) in [6, 6.07) is 0. The molecule has 0 spiro atoms. The van der Waals surface area contributed by atoms with Gasteiger partial charge in [-0.05, 0) is 55.3 Å². The summed E-state index contributed by atoms with van der Waals surface area (Å²) in [7, 11) is -1.59. The van der Waals surface area contributed by atoms with E-state index in [2.05, 4.69) is 39.9 Å². The van der Waals surface area contributed by atoms with Crippen molar-refractivity contribution in [2.24, 2.45) is 11.8 Å². The fourth-order valence-electron chi connectivity index (χ4n) is 2.08. The summed E-state index contributed by atoms with van der Waals surface area (Å²) in [6.07, 6.45) is 10.5. The third-order valence-electron chi connectivity index (χ3n) is 4.81. The van der Waals surface area contributed by atoms with E-state index >= 15 is 0 Å². The zero-order valence-corrected chi connectivity index (χ0v) is 14.1. The van der Waals surface area contributed by atoms with E-state index in [1.807, 2.05) is 6.08 Å². The summed E-state index contributed by atoms with van der Waals surface area (Å²) >= 11 is 0. The zero-order valence-electron chi connectivity index (χ0n) is 13.1. The van der Waals surface area contributed by atoms with Gasteiger partial charge in [0.1, 0.15) is 0 Å². The molecule has 0 bridgehead atoms. The van der Waals surface area contributed by atoms with Crippen LogP contribution in [0.1, 0.15) is 40.0 Å². The summed E-state index contributed by atoms with van der Waals surface area (Å²) in [5.74, 6) is 1.50. The van der Waals surface area contributed by atoms with Crippen molar-refractivity contribution in [3.05, 3.63) is 24.5 Å². The molecule has 1 rings (SSSR count). The summed E-state index contributed by atoms with van der Waals surface area (Å²) in [5.41, 5.74) is 0. The Kier molecular flexibility index (Phi) is 5.87. The van der Waals surface area contributed by atoms with Gasteiger partial charge in [-0.2, -0.15) is 0 Å². The highest BCUT2D eigenvalue weighted by Crippen LogP contribution is 2.41. The van der Waals surface area contributed by atoms with Gasteiger partial charge < -0.3 is 9.53 Å². The highest BCUT2D eigenvalue weighted by atomic mass is 28.4. The lowest BCUT2D eigenvalue weighted by atomic mass is 9.72. The molecule has 0 aromatic rings. The molecule has 0 amide bonds. The van der Waals surface area contributed by atoms with Gasteiger partial charge in [0, 0.05) is 6.61 Å². The second kappa shape index (κ2) is 6.75. The van der Waals surface area contributed by atoms with Gasteiger partial charge in [0.05, 0.1) is 6.26 Å². The molecular formula is C16H30O2Si. The third-order valence-corrected chi connectivity index (χ3v) is 9.31. The maximum absolute atomic E-state index is 8.56. The maximum atomic E-state index is 8.56. The second-order valence-electron chi connectivity index (χ2n) is 7.17. The Morgan fingerprint density at radius 3 is 2.26 bits per heavy atom. The molecule has 0 heterocycles. The van der Waals surface area contributed by atoms with E-state index in [0.29, 0.717) is 5.04 Å². The molecule has 0 saturated heterocycles. The van der Waals surface area contributed by atoms with Crippen LogP contribution in [0, 0.1) is 11.8 Å². The number of rotatable bonds is 6. The van der Waals surface area contributed by atoms with Gasteiger partial charge in [0.2, 0.25) is 0 Å². The summed E-state index contributed by atoms with van der Waals surface area (Å²) < 4.78 is 6.32. The fraction of sp³-hybridized carbons (Fsp3) is 0.750. The van der Waals surface area contributed by atoms with Crippen molar-refractivity contribution >= 4 is 8.32 Å². The van der Waals surface area contributed by atoms with Crippen molar-refractivity contribution in [1.82, 2.24) is 0 Å². The summed E-state index contributed by atoms with van der Waals surface area (Å²) in [5, 5.41) is 8.86. The molecule has 1 aliphatic carbocycles. The van der Waals surface area contributed by atoms with Crippen LogP contribution in [0.25, 0.3) is 0 Å². The summed E-state index contributed by atoms with van der Waals surface area (Å²) in [4.78, 5) is 0. The van der Waals surface area contributed by atoms with Crippen molar-refractivity contribution in [1.29, 1.82) is 0 Å². The van der Waals surface area contributed by atoms with E-state index in [1.165, 1.54) is 12.8 Å². The molecule has 19 heavy (non-hydrogen) atoms. The van der Waals surface area contributed by atoms with E-state index in [1.54, 1.807) is 6.08 Å². The third kappa shape index (κ3) is 4.81. The topological polar surface area (TPSA) is 29.5 Å². The quantitative estimate of drug-likeness (QED) is 0.419. The Labute approximate surface area is 119 Å². The lowest BCUT2D eigenvalue weighted by Crippen LogP contribution is -2.43. The number of aliphatic hydroxyl groups excluding tert-OH is 1. The standard InChI is InChI=1S/C16H30O2Si/c1-16(2,3)19(4,5)18-13-15-11-10-14(15)9-7-6-8-12-17/h6-8,12,14-15,17H,9-11,13H2,1-5H3/b7-6+,12-8+/t14-,15-/m0/s1. The molecule has 110 valence electrons. The van der Waals surface area contributed by atoms with E-state index in [-0.39, 0.29) is 0 Å². The minimum absolute atomic E-state index is 0.304. The Bertz CT molecular complexity index is 326. The van der Waals surface area contributed by atoms with Gasteiger partial charge in [-0.3, -0.25) is 0 Å². The monoisotopic (exact) mass is 282 g/mol. The first-order chi connectivity index (χ1) is 8.78. The van der Waals surface area contributed by atoms with Crippen LogP contribution in [0.2, 0.25) is 18.1 Å². The average molecular weight is 282 g/mol. The first-order valence-electron chi connectivity index (χ1n) is 7.38. The molecule has 1 saturated carbocycles.